The molecule has 14 heteroatoms. The van der Waals surface area contributed by atoms with Gasteiger partial charge in [0, 0.05) is 56.3 Å². The van der Waals surface area contributed by atoms with Crippen molar-refractivity contribution < 1.29 is 46.9 Å². The predicted octanol–water partition coefficient (Wildman–Crippen LogP) is 6.01. The van der Waals surface area contributed by atoms with E-state index in [1.165, 1.54) is 18.2 Å². The van der Waals surface area contributed by atoms with Gasteiger partial charge < -0.3 is 25.2 Å². The van der Waals surface area contributed by atoms with Crippen LogP contribution in [0.4, 0.5) is 17.6 Å². The third-order valence-electron chi connectivity index (χ3n) is 9.84. The van der Waals surface area contributed by atoms with Gasteiger partial charge in [0.1, 0.15) is 11.6 Å². The Kier molecular flexibility index (Phi) is 12.0. The van der Waals surface area contributed by atoms with Crippen molar-refractivity contribution in [3.8, 4) is 5.75 Å². The van der Waals surface area contributed by atoms with Crippen molar-refractivity contribution in [2.24, 2.45) is 0 Å². The summed E-state index contributed by atoms with van der Waals surface area (Å²) in [6.07, 6.45) is -3.48. The lowest BCUT2D eigenvalue weighted by molar-refractivity contribution is -0.152. The van der Waals surface area contributed by atoms with Crippen molar-refractivity contribution in [1.82, 2.24) is 15.1 Å². The van der Waals surface area contributed by atoms with Crippen molar-refractivity contribution in [2.75, 3.05) is 26.2 Å². The van der Waals surface area contributed by atoms with Crippen LogP contribution in [-0.4, -0.2) is 88.1 Å². The minimum atomic E-state index is -4.52. The number of rotatable bonds is 15. The Morgan fingerprint density at radius 1 is 1.02 bits per heavy atom. The number of carboxylic acids is 1. The fourth-order valence-corrected chi connectivity index (χ4v) is 7.41. The lowest BCUT2D eigenvalue weighted by Crippen LogP contribution is -2.61. The summed E-state index contributed by atoms with van der Waals surface area (Å²) in [4.78, 5) is 41.7. The van der Waals surface area contributed by atoms with Gasteiger partial charge in [-0.05, 0) is 94.6 Å². The van der Waals surface area contributed by atoms with Gasteiger partial charge in [0.05, 0.1) is 22.7 Å². The number of aliphatic hydroxyl groups is 1. The molecule has 3 aliphatic rings. The molecule has 6 rings (SSSR count). The van der Waals surface area contributed by atoms with Crippen LogP contribution in [0.25, 0.3) is 5.57 Å². The van der Waals surface area contributed by atoms with Crippen molar-refractivity contribution >= 4 is 39.2 Å². The van der Waals surface area contributed by atoms with E-state index in [2.05, 4.69) is 21.2 Å². The zero-order valence-corrected chi connectivity index (χ0v) is 30.3. The molecule has 0 radical (unpaired) electrons. The second-order valence-electron chi connectivity index (χ2n) is 13.8. The standard InChI is InChI=1S/C39H40BrF4N3O6/c40-31-13-10-27(41)18-34(31)53-16-2-4-23-6-8-25(9-7-23)30-19-28-21-46(15-14-33(48)36(49)38(51)52)22-32(45-28)35(30)37(50)47(29-11-12-29)20-24-3-1-5-26(17-24)39(42,43)44/h1,3,5-10,13,17-18,28-29,32,36,45,49H,2,4,11-12,14-16,19-22H2,(H,51,52)/t28-,32-,36?/m1/s1. The molecule has 2 bridgehead atoms. The number of ether oxygens (including phenoxy) is 1. The van der Waals surface area contributed by atoms with Crippen LogP contribution in [0.2, 0.25) is 0 Å². The molecule has 0 aromatic heterocycles. The number of carboxylic acid groups (broad SMARTS) is 1. The summed E-state index contributed by atoms with van der Waals surface area (Å²) in [5.41, 5.74) is 2.87. The number of hydrogen-bond acceptors (Lipinski definition) is 7. The smallest absolute Gasteiger partial charge is 0.416 e. The zero-order chi connectivity index (χ0) is 37.9. The first-order chi connectivity index (χ1) is 25.3. The number of carbonyl (C=O) groups excluding carboxylic acids is 2. The average Bonchev–Trinajstić information content (AvgIpc) is 3.97. The molecule has 1 unspecified atom stereocenters. The SMILES string of the molecule is O=C(O)C(O)C(=O)CCN1C[C@H]2CC(c3ccc(CCCOc4cc(F)ccc4Br)cc3)=C(C(=O)N(Cc3cccc(C(F)(F)F)c3)C3CC3)[C@@H](C1)N2. The normalized spacial score (nSPS) is 19.5. The van der Waals surface area contributed by atoms with Crippen LogP contribution < -0.4 is 10.1 Å². The molecule has 2 fully saturated rings. The molecule has 9 nitrogen and oxygen atoms in total. The van der Waals surface area contributed by atoms with Gasteiger partial charge in [0.2, 0.25) is 6.10 Å². The number of aliphatic carboxylic acids is 1. The van der Waals surface area contributed by atoms with E-state index in [0.717, 1.165) is 41.7 Å². The number of amides is 1. The number of halogens is 5. The molecular formula is C39H40BrF4N3O6. The molecule has 1 aliphatic carbocycles. The lowest BCUT2D eigenvalue weighted by Gasteiger charge is -2.45. The van der Waals surface area contributed by atoms with Gasteiger partial charge in [-0.2, -0.15) is 13.2 Å². The van der Waals surface area contributed by atoms with Crippen molar-refractivity contribution in [1.29, 1.82) is 0 Å². The molecule has 3 atom stereocenters. The zero-order valence-electron chi connectivity index (χ0n) is 28.8. The number of nitrogens with zero attached hydrogens (tertiary/aromatic N) is 2. The Morgan fingerprint density at radius 2 is 1.77 bits per heavy atom. The fraction of sp³-hybridized carbons (Fsp3) is 0.410. The first kappa shape index (κ1) is 38.6. The summed E-state index contributed by atoms with van der Waals surface area (Å²) in [6.45, 7) is 1.44. The number of ketones is 1. The molecule has 2 aliphatic heterocycles. The topological polar surface area (TPSA) is 119 Å². The molecule has 1 saturated carbocycles. The first-order valence-electron chi connectivity index (χ1n) is 17.6. The molecule has 282 valence electrons. The molecule has 53 heavy (non-hydrogen) atoms. The number of hydrogen-bond donors (Lipinski definition) is 3. The van der Waals surface area contributed by atoms with Crippen LogP contribution in [0.5, 0.6) is 5.75 Å². The average molecular weight is 803 g/mol. The number of benzene rings is 3. The van der Waals surface area contributed by atoms with Gasteiger partial charge in [-0.15, -0.1) is 0 Å². The molecule has 0 spiro atoms. The van der Waals surface area contributed by atoms with Gasteiger partial charge in [0.25, 0.3) is 5.91 Å². The third-order valence-corrected chi connectivity index (χ3v) is 10.5. The van der Waals surface area contributed by atoms with Crippen LogP contribution in [0.1, 0.15) is 54.4 Å². The maximum atomic E-state index is 14.7. The van der Waals surface area contributed by atoms with Crippen molar-refractivity contribution in [2.45, 2.75) is 75.5 Å². The highest BCUT2D eigenvalue weighted by Crippen LogP contribution is 2.38. The number of Topliss-reactive ketones (excluding diaryl/α,β-unsaturated/α-hetero) is 1. The van der Waals surface area contributed by atoms with E-state index in [0.29, 0.717) is 60.3 Å². The van der Waals surface area contributed by atoms with Crippen LogP contribution >= 0.6 is 15.9 Å². The molecule has 3 aromatic rings. The Hall–Kier alpha value is -4.11. The molecule has 3 N–H and O–H groups in total. The van der Waals surface area contributed by atoms with Gasteiger partial charge in [-0.1, -0.05) is 36.4 Å². The van der Waals surface area contributed by atoms with Crippen molar-refractivity contribution in [3.63, 3.8) is 0 Å². The highest BCUT2D eigenvalue weighted by molar-refractivity contribution is 9.10. The second-order valence-corrected chi connectivity index (χ2v) is 14.7. The fourth-order valence-electron chi connectivity index (χ4n) is 7.05. The summed E-state index contributed by atoms with van der Waals surface area (Å²) in [6, 6.07) is 16.5. The number of piperazine rings is 1. The summed E-state index contributed by atoms with van der Waals surface area (Å²) in [5, 5.41) is 22.3. The van der Waals surface area contributed by atoms with E-state index >= 15 is 0 Å². The van der Waals surface area contributed by atoms with E-state index in [4.69, 9.17) is 9.84 Å². The Balaban J connectivity index is 1.23. The number of aryl methyl sites for hydroxylation is 1. The highest BCUT2D eigenvalue weighted by Gasteiger charge is 2.43. The van der Waals surface area contributed by atoms with Gasteiger partial charge in [-0.25, -0.2) is 9.18 Å². The summed E-state index contributed by atoms with van der Waals surface area (Å²) in [5.74, 6) is -2.63. The number of aliphatic hydroxyl groups excluding tert-OH is 1. The van der Waals surface area contributed by atoms with Crippen LogP contribution in [0.15, 0.2) is 76.8 Å². The van der Waals surface area contributed by atoms with Crippen LogP contribution in [0.3, 0.4) is 0 Å². The van der Waals surface area contributed by atoms with Crippen LogP contribution in [0, 0.1) is 5.82 Å². The van der Waals surface area contributed by atoms with Crippen LogP contribution in [-0.2, 0) is 33.5 Å². The highest BCUT2D eigenvalue weighted by atomic mass is 79.9. The van der Waals surface area contributed by atoms with E-state index in [1.807, 2.05) is 29.2 Å². The number of nitrogens with one attached hydrogen (secondary N) is 1. The molecule has 3 aromatic carbocycles. The van der Waals surface area contributed by atoms with E-state index in [9.17, 15) is 37.1 Å². The molecule has 1 amide bonds. The minimum Gasteiger partial charge on any atom is -0.492 e. The van der Waals surface area contributed by atoms with Gasteiger partial charge in [0.15, 0.2) is 5.78 Å². The molecule has 1 saturated heterocycles. The van der Waals surface area contributed by atoms with E-state index in [-0.39, 0.29) is 43.3 Å². The molecule has 2 heterocycles. The summed E-state index contributed by atoms with van der Waals surface area (Å²) in [7, 11) is 0. The van der Waals surface area contributed by atoms with Gasteiger partial charge >= 0.3 is 12.1 Å². The quantitative estimate of drug-likeness (QED) is 0.0972. The minimum absolute atomic E-state index is 0.0127. The summed E-state index contributed by atoms with van der Waals surface area (Å²) >= 11 is 3.37. The lowest BCUT2D eigenvalue weighted by atomic mass is 9.82. The predicted molar refractivity (Wildman–Crippen MR) is 191 cm³/mol. The number of alkyl halides is 3. The summed E-state index contributed by atoms with van der Waals surface area (Å²) < 4.78 is 60.7. The number of fused-ring (bicyclic) bond motifs is 2. The third kappa shape index (κ3) is 9.71. The van der Waals surface area contributed by atoms with E-state index in [1.54, 1.807) is 17.0 Å². The second kappa shape index (κ2) is 16.5. The first-order valence-corrected chi connectivity index (χ1v) is 18.4. The Morgan fingerprint density at radius 3 is 2.47 bits per heavy atom. The largest absolute Gasteiger partial charge is 0.492 e. The Bertz CT molecular complexity index is 1870. The Labute approximate surface area is 312 Å². The van der Waals surface area contributed by atoms with E-state index < -0.39 is 35.6 Å². The maximum Gasteiger partial charge on any atom is 0.416 e. The molecular weight excluding hydrogens is 762 g/mol. The monoisotopic (exact) mass is 801 g/mol. The van der Waals surface area contributed by atoms with Crippen molar-refractivity contribution in [3.05, 3.63) is 105 Å². The van der Waals surface area contributed by atoms with Gasteiger partial charge in [-0.3, -0.25) is 14.5 Å². The maximum absolute atomic E-state index is 14.7. The number of carbonyl (C=O) groups is 3.